The van der Waals surface area contributed by atoms with Crippen LogP contribution in [0.3, 0.4) is 0 Å². The Labute approximate surface area is 175 Å². The first-order valence-electron chi connectivity index (χ1n) is 8.88. The monoisotopic (exact) mass is 422 g/mol. The van der Waals surface area contributed by atoms with Crippen molar-refractivity contribution in [3.05, 3.63) is 63.1 Å². The quantitative estimate of drug-likeness (QED) is 0.728. The number of halogens is 2. The first-order chi connectivity index (χ1) is 13.2. The Bertz CT molecular complexity index is 850. The maximum Gasteiger partial charge on any atom is 0.261 e. The van der Waals surface area contributed by atoms with Gasteiger partial charge in [0.1, 0.15) is 11.8 Å². The fraction of sp³-hybridized carbons (Fsp3) is 0.333. The van der Waals surface area contributed by atoms with Crippen molar-refractivity contribution in [3.63, 3.8) is 0 Å². The Kier molecular flexibility index (Phi) is 7.72. The molecule has 0 fully saturated rings. The largest absolute Gasteiger partial charge is 0.483 e. The molecule has 150 valence electrons. The van der Waals surface area contributed by atoms with Crippen molar-refractivity contribution in [1.82, 2.24) is 10.2 Å². The number of likely N-dealkylation sites (N-methyl/N-ethyl adjacent to an activating group) is 1. The highest BCUT2D eigenvalue weighted by molar-refractivity contribution is 6.36. The van der Waals surface area contributed by atoms with Crippen LogP contribution in [0.5, 0.6) is 5.75 Å². The van der Waals surface area contributed by atoms with E-state index in [9.17, 15) is 9.59 Å². The fourth-order valence-electron chi connectivity index (χ4n) is 2.83. The average molecular weight is 423 g/mol. The number of carbonyl (C=O) groups excluding carboxylic acids is 2. The van der Waals surface area contributed by atoms with E-state index in [-0.39, 0.29) is 25.0 Å². The number of hydrogen-bond acceptors (Lipinski definition) is 3. The molecule has 7 heteroatoms. The maximum atomic E-state index is 12.9. The van der Waals surface area contributed by atoms with Crippen molar-refractivity contribution < 1.29 is 14.3 Å². The van der Waals surface area contributed by atoms with Gasteiger partial charge < -0.3 is 15.0 Å². The van der Waals surface area contributed by atoms with E-state index in [1.54, 1.807) is 25.1 Å². The second-order valence-electron chi connectivity index (χ2n) is 6.57. The van der Waals surface area contributed by atoms with Crippen LogP contribution in [0.2, 0.25) is 10.0 Å². The number of nitrogens with one attached hydrogen (secondary N) is 1. The number of hydrogen-bond donors (Lipinski definition) is 1. The Morgan fingerprint density at radius 3 is 2.36 bits per heavy atom. The molecule has 2 aromatic carbocycles. The van der Waals surface area contributed by atoms with Crippen LogP contribution < -0.4 is 10.1 Å². The molecule has 0 aromatic heterocycles. The van der Waals surface area contributed by atoms with Crippen molar-refractivity contribution in [1.29, 1.82) is 0 Å². The summed E-state index contributed by atoms with van der Waals surface area (Å²) in [5.41, 5.74) is 2.63. The Hall–Kier alpha value is -2.24. The van der Waals surface area contributed by atoms with Gasteiger partial charge in [-0.1, -0.05) is 47.0 Å². The molecule has 0 aliphatic rings. The Morgan fingerprint density at radius 1 is 1.14 bits per heavy atom. The topological polar surface area (TPSA) is 58.6 Å². The van der Waals surface area contributed by atoms with E-state index in [0.29, 0.717) is 21.4 Å². The van der Waals surface area contributed by atoms with E-state index in [2.05, 4.69) is 5.32 Å². The van der Waals surface area contributed by atoms with Crippen LogP contribution in [-0.2, 0) is 16.1 Å². The molecule has 2 amide bonds. The van der Waals surface area contributed by atoms with Crippen molar-refractivity contribution >= 4 is 35.0 Å². The highest BCUT2D eigenvalue weighted by Gasteiger charge is 2.27. The third-order valence-corrected chi connectivity index (χ3v) is 5.19. The highest BCUT2D eigenvalue weighted by Crippen LogP contribution is 2.27. The molecular formula is C21H24Cl2N2O3. The number of benzene rings is 2. The van der Waals surface area contributed by atoms with Gasteiger partial charge in [-0.25, -0.2) is 0 Å². The van der Waals surface area contributed by atoms with Gasteiger partial charge in [0, 0.05) is 29.2 Å². The van der Waals surface area contributed by atoms with E-state index in [1.807, 2.05) is 32.0 Å². The van der Waals surface area contributed by atoms with Gasteiger partial charge in [0.2, 0.25) is 5.91 Å². The lowest BCUT2D eigenvalue weighted by molar-refractivity contribution is -0.142. The summed E-state index contributed by atoms with van der Waals surface area (Å²) < 4.78 is 5.71. The van der Waals surface area contributed by atoms with E-state index in [4.69, 9.17) is 27.9 Å². The first-order valence-corrected chi connectivity index (χ1v) is 9.64. The third kappa shape index (κ3) is 5.40. The van der Waals surface area contributed by atoms with Gasteiger partial charge in [-0.05, 0) is 44.5 Å². The highest BCUT2D eigenvalue weighted by atomic mass is 35.5. The summed E-state index contributed by atoms with van der Waals surface area (Å²) in [6.07, 6.45) is 0. The van der Waals surface area contributed by atoms with Crippen LogP contribution in [0.25, 0.3) is 0 Å². The minimum Gasteiger partial charge on any atom is -0.483 e. The second kappa shape index (κ2) is 9.80. The normalized spacial score (nSPS) is 11.6. The van der Waals surface area contributed by atoms with Crippen LogP contribution in [0.4, 0.5) is 0 Å². The molecule has 1 atom stereocenters. The maximum absolute atomic E-state index is 12.9. The van der Waals surface area contributed by atoms with Gasteiger partial charge in [-0.3, -0.25) is 9.59 Å². The molecule has 0 saturated carbocycles. The van der Waals surface area contributed by atoms with Crippen molar-refractivity contribution in [2.24, 2.45) is 0 Å². The number of rotatable bonds is 7. The number of aryl methyl sites for hydroxylation is 2. The molecular weight excluding hydrogens is 399 g/mol. The van der Waals surface area contributed by atoms with Crippen LogP contribution in [-0.4, -0.2) is 36.4 Å². The zero-order chi connectivity index (χ0) is 20.8. The number of carbonyl (C=O) groups is 2. The molecule has 0 aliphatic heterocycles. The fourth-order valence-corrected chi connectivity index (χ4v) is 3.35. The van der Waals surface area contributed by atoms with Crippen LogP contribution in [0.1, 0.15) is 23.6 Å². The summed E-state index contributed by atoms with van der Waals surface area (Å²) in [6.45, 7) is 5.46. The minimum atomic E-state index is -0.715. The van der Waals surface area contributed by atoms with Gasteiger partial charge >= 0.3 is 0 Å². The lowest BCUT2D eigenvalue weighted by Crippen LogP contribution is -2.48. The number of nitrogens with zero attached hydrogens (tertiary/aromatic N) is 1. The lowest BCUT2D eigenvalue weighted by Gasteiger charge is -2.29. The molecule has 0 saturated heterocycles. The van der Waals surface area contributed by atoms with Crippen molar-refractivity contribution in [2.45, 2.75) is 33.4 Å². The van der Waals surface area contributed by atoms with Crippen LogP contribution in [0, 0.1) is 13.8 Å². The third-order valence-electron chi connectivity index (χ3n) is 4.49. The molecule has 0 unspecified atom stereocenters. The molecule has 2 aromatic rings. The van der Waals surface area contributed by atoms with Gasteiger partial charge in [-0.2, -0.15) is 0 Å². The van der Waals surface area contributed by atoms with Gasteiger partial charge in [-0.15, -0.1) is 0 Å². The zero-order valence-corrected chi connectivity index (χ0v) is 17.9. The van der Waals surface area contributed by atoms with Gasteiger partial charge in [0.25, 0.3) is 5.91 Å². The van der Waals surface area contributed by atoms with E-state index in [1.165, 1.54) is 11.9 Å². The number of ether oxygens (including phenoxy) is 1. The molecule has 2 rings (SSSR count). The second-order valence-corrected chi connectivity index (χ2v) is 7.38. The molecule has 0 heterocycles. The van der Waals surface area contributed by atoms with E-state index < -0.39 is 6.04 Å². The first kappa shape index (κ1) is 22.1. The summed E-state index contributed by atoms with van der Waals surface area (Å²) in [5.74, 6) is -0.00243. The smallest absolute Gasteiger partial charge is 0.261 e. The predicted octanol–water partition coefficient (Wildman–Crippen LogP) is 4.15. The summed E-state index contributed by atoms with van der Waals surface area (Å²) in [6, 6.07) is 10.1. The SMILES string of the molecule is CNC(=O)[C@H](C)N(Cc1c(Cl)cccc1Cl)C(=O)COc1ccc(C)cc1C. The Balaban J connectivity index is 2.22. The van der Waals surface area contributed by atoms with E-state index in [0.717, 1.165) is 11.1 Å². The van der Waals surface area contributed by atoms with E-state index >= 15 is 0 Å². The molecule has 0 bridgehead atoms. The van der Waals surface area contributed by atoms with Crippen LogP contribution in [0.15, 0.2) is 36.4 Å². The van der Waals surface area contributed by atoms with Crippen molar-refractivity contribution in [2.75, 3.05) is 13.7 Å². The van der Waals surface area contributed by atoms with Gasteiger partial charge in [0.15, 0.2) is 6.61 Å². The lowest BCUT2D eigenvalue weighted by atomic mass is 10.1. The standard InChI is InChI=1S/C21H24Cl2N2O3/c1-13-8-9-19(14(2)10-13)28-12-20(26)25(15(3)21(27)24-4)11-16-17(22)6-5-7-18(16)23/h5-10,15H,11-12H2,1-4H3,(H,24,27)/t15-/m0/s1. The molecule has 0 radical (unpaired) electrons. The number of amides is 2. The Morgan fingerprint density at radius 2 is 1.79 bits per heavy atom. The average Bonchev–Trinajstić information content (AvgIpc) is 2.65. The van der Waals surface area contributed by atoms with Crippen LogP contribution >= 0.6 is 23.2 Å². The summed E-state index contributed by atoms with van der Waals surface area (Å²) in [4.78, 5) is 26.5. The molecule has 0 aliphatic carbocycles. The molecule has 5 nitrogen and oxygen atoms in total. The molecule has 0 spiro atoms. The summed E-state index contributed by atoms with van der Waals surface area (Å²) >= 11 is 12.5. The zero-order valence-electron chi connectivity index (χ0n) is 16.4. The predicted molar refractivity (Wildman–Crippen MR) is 112 cm³/mol. The van der Waals surface area contributed by atoms with Crippen molar-refractivity contribution in [3.8, 4) is 5.75 Å². The minimum absolute atomic E-state index is 0.0994. The summed E-state index contributed by atoms with van der Waals surface area (Å²) in [7, 11) is 1.52. The molecule has 1 N–H and O–H groups in total. The summed E-state index contributed by atoms with van der Waals surface area (Å²) in [5, 5.41) is 3.43. The van der Waals surface area contributed by atoms with Gasteiger partial charge in [0.05, 0.1) is 0 Å². The molecule has 28 heavy (non-hydrogen) atoms.